The number of carboxylic acid groups (broad SMARTS) is 1. The number of hydrogen-bond acceptors (Lipinski definition) is 4. The number of aliphatic hydroxyl groups is 3. The van der Waals surface area contributed by atoms with Gasteiger partial charge in [0, 0.05) is 17.4 Å². The molecule has 4 N–H and O–H groups in total. The zero-order chi connectivity index (χ0) is 17.7. The number of carboxylic acids is 1. The summed E-state index contributed by atoms with van der Waals surface area (Å²) in [5, 5.41) is 40.6. The van der Waals surface area contributed by atoms with Crippen LogP contribution in [0.25, 0.3) is 0 Å². The maximum absolute atomic E-state index is 12.7. The lowest BCUT2D eigenvalue weighted by Gasteiger charge is -2.64. The Morgan fingerprint density at radius 3 is 2.32 bits per heavy atom. The molecule has 0 aromatic rings. The summed E-state index contributed by atoms with van der Waals surface area (Å²) in [6.45, 7) is 0.0304. The molecule has 4 bridgehead atoms. The Kier molecular flexibility index (Phi) is 3.16. The van der Waals surface area contributed by atoms with Gasteiger partial charge in [-0.25, -0.2) is 0 Å². The largest absolute Gasteiger partial charge is 0.481 e. The van der Waals surface area contributed by atoms with Gasteiger partial charge in [0.2, 0.25) is 0 Å². The van der Waals surface area contributed by atoms with E-state index in [2.05, 4.69) is 0 Å². The molecule has 6 fully saturated rings. The Morgan fingerprint density at radius 2 is 1.72 bits per heavy atom. The first kappa shape index (κ1) is 16.5. The van der Waals surface area contributed by atoms with Gasteiger partial charge in [-0.3, -0.25) is 4.79 Å². The van der Waals surface area contributed by atoms with E-state index in [0.717, 1.165) is 44.9 Å². The number of aliphatic hydroxyl groups excluding tert-OH is 3. The van der Waals surface area contributed by atoms with Crippen LogP contribution in [0.3, 0.4) is 0 Å². The predicted molar refractivity (Wildman–Crippen MR) is 89.5 cm³/mol. The quantitative estimate of drug-likeness (QED) is 0.618. The van der Waals surface area contributed by atoms with Gasteiger partial charge in [0.25, 0.3) is 0 Å². The molecule has 0 heterocycles. The molecule has 0 aliphatic heterocycles. The highest BCUT2D eigenvalue weighted by atomic mass is 16.4. The molecule has 6 aliphatic rings. The van der Waals surface area contributed by atoms with Crippen LogP contribution in [0.15, 0.2) is 0 Å². The number of rotatable bonds is 4. The van der Waals surface area contributed by atoms with Gasteiger partial charge in [0.1, 0.15) is 0 Å². The molecule has 5 nitrogen and oxygen atoms in total. The number of hydrogen-bond donors (Lipinski definition) is 4. The minimum Gasteiger partial charge on any atom is -0.481 e. The van der Waals surface area contributed by atoms with Crippen molar-refractivity contribution in [1.29, 1.82) is 0 Å². The Bertz CT molecular complexity index is 615. The third-order valence-electron chi connectivity index (χ3n) is 9.89. The Hall–Kier alpha value is -0.650. The zero-order valence-electron chi connectivity index (χ0n) is 14.8. The Morgan fingerprint density at radius 1 is 0.960 bits per heavy atom. The normalized spacial score (nSPS) is 54.5. The van der Waals surface area contributed by atoms with E-state index in [1.807, 2.05) is 0 Å². The molecule has 1 spiro atoms. The van der Waals surface area contributed by atoms with Gasteiger partial charge >= 0.3 is 5.97 Å². The van der Waals surface area contributed by atoms with Crippen molar-refractivity contribution in [2.24, 2.45) is 45.3 Å². The second-order valence-corrected chi connectivity index (χ2v) is 10.1. The van der Waals surface area contributed by atoms with E-state index in [9.17, 15) is 25.2 Å². The highest BCUT2D eigenvalue weighted by Crippen LogP contribution is 2.85. The first-order valence-corrected chi connectivity index (χ1v) is 10.0. The average Bonchev–Trinajstić information content (AvgIpc) is 3.13. The fraction of sp³-hybridized carbons (Fsp3) is 0.950. The average molecular weight is 350 g/mol. The summed E-state index contributed by atoms with van der Waals surface area (Å²) in [5.41, 5.74) is -1.26. The van der Waals surface area contributed by atoms with E-state index < -0.39 is 16.8 Å². The molecule has 0 radical (unpaired) electrons. The van der Waals surface area contributed by atoms with E-state index in [-0.39, 0.29) is 42.5 Å². The van der Waals surface area contributed by atoms with Crippen LogP contribution in [0.4, 0.5) is 0 Å². The first-order valence-electron chi connectivity index (χ1n) is 10.0. The lowest BCUT2D eigenvalue weighted by atomic mass is 9.39. The topological polar surface area (TPSA) is 98.0 Å². The van der Waals surface area contributed by atoms with Crippen LogP contribution in [-0.2, 0) is 4.79 Å². The third kappa shape index (κ3) is 1.61. The standard InChI is InChI=1S/C20H30O5/c21-9-18(10-22)3-1-4-20(16(24)25)14(18)2-5-17-7-13-12(6-15(17)20)19(13,8-17)11-23/h12-15,21-23H,1-11H2,(H,24,25)/t12-,13+,14+,15-,17+,19+,20-/m0/s1. The van der Waals surface area contributed by atoms with E-state index in [4.69, 9.17) is 0 Å². The summed E-state index contributed by atoms with van der Waals surface area (Å²) < 4.78 is 0. The monoisotopic (exact) mass is 350 g/mol. The van der Waals surface area contributed by atoms with Crippen LogP contribution < -0.4 is 0 Å². The van der Waals surface area contributed by atoms with E-state index >= 15 is 0 Å². The van der Waals surface area contributed by atoms with Gasteiger partial charge in [-0.1, -0.05) is 6.42 Å². The second-order valence-electron chi connectivity index (χ2n) is 10.1. The van der Waals surface area contributed by atoms with Gasteiger partial charge in [-0.2, -0.15) is 0 Å². The molecule has 7 atom stereocenters. The third-order valence-corrected chi connectivity index (χ3v) is 9.89. The molecule has 6 rings (SSSR count). The molecule has 25 heavy (non-hydrogen) atoms. The van der Waals surface area contributed by atoms with Gasteiger partial charge in [0.05, 0.1) is 18.6 Å². The Balaban J connectivity index is 1.60. The van der Waals surface area contributed by atoms with Gasteiger partial charge < -0.3 is 20.4 Å². The molecule has 0 unspecified atom stereocenters. The smallest absolute Gasteiger partial charge is 0.310 e. The van der Waals surface area contributed by atoms with Crippen LogP contribution in [-0.4, -0.2) is 46.2 Å². The molecule has 5 heteroatoms. The van der Waals surface area contributed by atoms with Crippen molar-refractivity contribution < 1.29 is 25.2 Å². The maximum Gasteiger partial charge on any atom is 0.310 e. The summed E-state index contributed by atoms with van der Waals surface area (Å²) in [4.78, 5) is 12.7. The van der Waals surface area contributed by atoms with E-state index in [0.29, 0.717) is 18.3 Å². The SMILES string of the molecule is O=C(O)[C@@]12CCCC(CO)(CO)[C@H]1CC[C@]13C[C@@H]4[C@H](C[C@@H]12)[C@]4(CO)C3. The molecule has 0 aromatic heterocycles. The van der Waals surface area contributed by atoms with E-state index in [1.165, 1.54) is 0 Å². The molecule has 0 aromatic carbocycles. The predicted octanol–water partition coefficient (Wildman–Crippen LogP) is 1.65. The number of aliphatic carboxylic acids is 1. The zero-order valence-corrected chi connectivity index (χ0v) is 14.8. The van der Waals surface area contributed by atoms with Crippen molar-refractivity contribution in [3.05, 3.63) is 0 Å². The summed E-state index contributed by atoms with van der Waals surface area (Å²) in [5.74, 6) is 0.431. The summed E-state index contributed by atoms with van der Waals surface area (Å²) >= 11 is 0. The number of fused-ring (bicyclic) bond motifs is 1. The van der Waals surface area contributed by atoms with Crippen LogP contribution >= 0.6 is 0 Å². The highest BCUT2D eigenvalue weighted by molar-refractivity contribution is 5.76. The minimum absolute atomic E-state index is 0.0744. The van der Waals surface area contributed by atoms with Crippen molar-refractivity contribution >= 4 is 5.97 Å². The van der Waals surface area contributed by atoms with Crippen LogP contribution in [0.5, 0.6) is 0 Å². The lowest BCUT2D eigenvalue weighted by molar-refractivity contribution is -0.213. The Labute approximate surface area is 148 Å². The van der Waals surface area contributed by atoms with Gasteiger partial charge in [-0.15, -0.1) is 0 Å². The second kappa shape index (κ2) is 4.79. The first-order chi connectivity index (χ1) is 11.9. The molecular formula is C20H30O5. The van der Waals surface area contributed by atoms with Crippen molar-refractivity contribution in [3.8, 4) is 0 Å². The van der Waals surface area contributed by atoms with Crippen LogP contribution in [0.1, 0.15) is 51.4 Å². The summed E-state index contributed by atoms with van der Waals surface area (Å²) in [6, 6.07) is 0. The molecule has 0 saturated heterocycles. The summed E-state index contributed by atoms with van der Waals surface area (Å²) in [7, 11) is 0. The van der Waals surface area contributed by atoms with Crippen molar-refractivity contribution in [2.75, 3.05) is 19.8 Å². The van der Waals surface area contributed by atoms with Crippen LogP contribution in [0.2, 0.25) is 0 Å². The highest BCUT2D eigenvalue weighted by Gasteiger charge is 2.81. The molecule has 0 amide bonds. The van der Waals surface area contributed by atoms with Crippen molar-refractivity contribution in [3.63, 3.8) is 0 Å². The van der Waals surface area contributed by atoms with E-state index in [1.54, 1.807) is 0 Å². The minimum atomic E-state index is -0.795. The summed E-state index contributed by atoms with van der Waals surface area (Å²) in [6.07, 6.45) is 7.01. The molecule has 6 aliphatic carbocycles. The lowest BCUT2D eigenvalue weighted by Crippen LogP contribution is -2.64. The fourth-order valence-corrected chi connectivity index (χ4v) is 8.90. The number of carbonyl (C=O) groups is 1. The maximum atomic E-state index is 12.7. The fourth-order valence-electron chi connectivity index (χ4n) is 8.90. The van der Waals surface area contributed by atoms with Crippen molar-refractivity contribution in [1.82, 2.24) is 0 Å². The molecule has 140 valence electrons. The van der Waals surface area contributed by atoms with Crippen LogP contribution in [0, 0.1) is 45.3 Å². The van der Waals surface area contributed by atoms with Gasteiger partial charge in [-0.05, 0) is 74.0 Å². The molecule has 6 saturated carbocycles. The van der Waals surface area contributed by atoms with Crippen molar-refractivity contribution in [2.45, 2.75) is 51.4 Å². The van der Waals surface area contributed by atoms with Gasteiger partial charge in [0.15, 0.2) is 0 Å². The molecular weight excluding hydrogens is 320 g/mol.